The van der Waals surface area contributed by atoms with Gasteiger partial charge in [-0.05, 0) is 47.7 Å². The van der Waals surface area contributed by atoms with Crippen LogP contribution in [0, 0.1) is 0 Å². The average Bonchev–Trinajstić information content (AvgIpc) is 2.48. The van der Waals surface area contributed by atoms with Gasteiger partial charge in [0.2, 0.25) is 0 Å². The van der Waals surface area contributed by atoms with Crippen molar-refractivity contribution in [1.82, 2.24) is 10.2 Å². The fourth-order valence-electron chi connectivity index (χ4n) is 2.24. The predicted octanol–water partition coefficient (Wildman–Crippen LogP) is 1.86. The van der Waals surface area contributed by atoms with E-state index in [1.54, 1.807) is 0 Å². The molecule has 2 nitrogen and oxygen atoms in total. The summed E-state index contributed by atoms with van der Waals surface area (Å²) >= 11 is 0. The third-order valence-electron chi connectivity index (χ3n) is 3.41. The van der Waals surface area contributed by atoms with Gasteiger partial charge in [0.05, 0.1) is 0 Å². The summed E-state index contributed by atoms with van der Waals surface area (Å²) in [4.78, 5) is 2.52. The fourth-order valence-corrected chi connectivity index (χ4v) is 2.24. The van der Waals surface area contributed by atoms with E-state index in [-0.39, 0.29) is 0 Å². The molecular weight excluding hydrogens is 160 g/mol. The predicted molar refractivity (Wildman–Crippen MR) is 58.0 cm³/mol. The number of likely N-dealkylation sites (N-methyl/N-ethyl adjacent to an activating group) is 2. The van der Waals surface area contributed by atoms with E-state index in [2.05, 4.69) is 45.1 Å². The summed E-state index contributed by atoms with van der Waals surface area (Å²) < 4.78 is 0. The summed E-state index contributed by atoms with van der Waals surface area (Å²) in [5.74, 6) is 0. The van der Waals surface area contributed by atoms with Crippen LogP contribution in [0.2, 0.25) is 0 Å². The van der Waals surface area contributed by atoms with Crippen LogP contribution in [-0.2, 0) is 0 Å². The second-order valence-electron chi connectivity index (χ2n) is 5.18. The monoisotopic (exact) mass is 184 g/mol. The maximum absolute atomic E-state index is 3.43. The maximum atomic E-state index is 3.43. The first-order valence-electron chi connectivity index (χ1n) is 5.37. The summed E-state index contributed by atoms with van der Waals surface area (Å²) in [7, 11) is 4.33. The lowest BCUT2D eigenvalue weighted by molar-refractivity contribution is 0.104. The van der Waals surface area contributed by atoms with Gasteiger partial charge in [-0.15, -0.1) is 0 Å². The highest BCUT2D eigenvalue weighted by atomic mass is 15.2. The topological polar surface area (TPSA) is 15.3 Å². The van der Waals surface area contributed by atoms with Gasteiger partial charge >= 0.3 is 0 Å². The van der Waals surface area contributed by atoms with Crippen LogP contribution < -0.4 is 5.32 Å². The fraction of sp³-hybridized carbons (Fsp3) is 1.00. The van der Waals surface area contributed by atoms with E-state index in [0.29, 0.717) is 11.6 Å². The Morgan fingerprint density at radius 2 is 1.85 bits per heavy atom. The van der Waals surface area contributed by atoms with Gasteiger partial charge in [-0.1, -0.05) is 6.42 Å². The van der Waals surface area contributed by atoms with E-state index in [0.717, 1.165) is 6.04 Å². The van der Waals surface area contributed by atoms with Gasteiger partial charge in [0.1, 0.15) is 0 Å². The molecule has 0 amide bonds. The highest BCUT2D eigenvalue weighted by Crippen LogP contribution is 2.27. The number of hydrogen-bond acceptors (Lipinski definition) is 2. The third-order valence-corrected chi connectivity index (χ3v) is 3.41. The Bertz CT molecular complexity index is 160. The van der Waals surface area contributed by atoms with Gasteiger partial charge in [-0.25, -0.2) is 0 Å². The first-order valence-corrected chi connectivity index (χ1v) is 5.37. The second kappa shape index (κ2) is 3.97. The lowest BCUT2D eigenvalue weighted by Crippen LogP contribution is -2.51. The summed E-state index contributed by atoms with van der Waals surface area (Å²) in [5.41, 5.74) is 0.296. The van der Waals surface area contributed by atoms with Crippen molar-refractivity contribution in [3.8, 4) is 0 Å². The Kier molecular flexibility index (Phi) is 3.36. The van der Waals surface area contributed by atoms with Crippen LogP contribution >= 0.6 is 0 Å². The van der Waals surface area contributed by atoms with Crippen LogP contribution in [0.3, 0.4) is 0 Å². The number of hydrogen-bond donors (Lipinski definition) is 1. The molecule has 0 saturated heterocycles. The standard InChI is InChI=1S/C11H24N2/c1-11(2,3)13(5)10-8-6-7-9(10)12-4/h9-10,12H,6-8H2,1-5H3/t9-,10+/m1/s1. The molecule has 1 saturated carbocycles. The highest BCUT2D eigenvalue weighted by molar-refractivity contribution is 4.92. The van der Waals surface area contributed by atoms with Crippen molar-refractivity contribution < 1.29 is 0 Å². The van der Waals surface area contributed by atoms with Gasteiger partial charge in [0, 0.05) is 17.6 Å². The maximum Gasteiger partial charge on any atom is 0.0251 e. The molecule has 0 radical (unpaired) electrons. The van der Waals surface area contributed by atoms with Crippen LogP contribution in [0.4, 0.5) is 0 Å². The first-order chi connectivity index (χ1) is 5.96. The van der Waals surface area contributed by atoms with Crippen LogP contribution in [0.15, 0.2) is 0 Å². The van der Waals surface area contributed by atoms with E-state index in [4.69, 9.17) is 0 Å². The van der Waals surface area contributed by atoms with Crippen molar-refractivity contribution in [2.24, 2.45) is 0 Å². The van der Waals surface area contributed by atoms with Crippen LogP contribution in [0.1, 0.15) is 40.0 Å². The van der Waals surface area contributed by atoms with E-state index in [1.165, 1.54) is 19.3 Å². The minimum Gasteiger partial charge on any atom is -0.315 e. The van der Waals surface area contributed by atoms with E-state index < -0.39 is 0 Å². The summed E-state index contributed by atoms with van der Waals surface area (Å²) in [6.07, 6.45) is 4.05. The van der Waals surface area contributed by atoms with Crippen molar-refractivity contribution in [1.29, 1.82) is 0 Å². The van der Waals surface area contributed by atoms with Crippen LogP contribution in [0.5, 0.6) is 0 Å². The van der Waals surface area contributed by atoms with Gasteiger partial charge < -0.3 is 5.32 Å². The molecule has 0 aromatic carbocycles. The molecule has 0 aliphatic heterocycles. The van der Waals surface area contributed by atoms with Gasteiger partial charge in [-0.2, -0.15) is 0 Å². The summed E-state index contributed by atoms with van der Waals surface area (Å²) in [6.45, 7) is 6.87. The molecule has 13 heavy (non-hydrogen) atoms. The molecule has 0 unspecified atom stereocenters. The third kappa shape index (κ3) is 2.44. The number of nitrogens with one attached hydrogen (secondary N) is 1. The largest absolute Gasteiger partial charge is 0.315 e. The van der Waals surface area contributed by atoms with E-state index in [9.17, 15) is 0 Å². The normalized spacial score (nSPS) is 30.0. The lowest BCUT2D eigenvalue weighted by atomic mass is 10.0. The van der Waals surface area contributed by atoms with Crippen molar-refractivity contribution in [2.45, 2.75) is 57.7 Å². The van der Waals surface area contributed by atoms with Crippen molar-refractivity contribution >= 4 is 0 Å². The Morgan fingerprint density at radius 1 is 1.23 bits per heavy atom. The molecule has 0 spiro atoms. The zero-order valence-corrected chi connectivity index (χ0v) is 9.72. The summed E-state index contributed by atoms with van der Waals surface area (Å²) in [6, 6.07) is 1.43. The number of rotatable bonds is 2. The second-order valence-corrected chi connectivity index (χ2v) is 5.18. The van der Waals surface area contributed by atoms with Crippen molar-refractivity contribution in [2.75, 3.05) is 14.1 Å². The molecule has 0 aromatic heterocycles. The Hall–Kier alpha value is -0.0800. The zero-order valence-electron chi connectivity index (χ0n) is 9.72. The van der Waals surface area contributed by atoms with Crippen LogP contribution in [0.25, 0.3) is 0 Å². The molecule has 0 aromatic rings. The molecular formula is C11H24N2. The molecule has 2 atom stereocenters. The first kappa shape index (κ1) is 11.0. The van der Waals surface area contributed by atoms with Gasteiger partial charge in [-0.3, -0.25) is 4.90 Å². The zero-order chi connectivity index (χ0) is 10.1. The lowest BCUT2D eigenvalue weighted by Gasteiger charge is -2.39. The molecule has 2 heteroatoms. The average molecular weight is 184 g/mol. The molecule has 1 N–H and O–H groups in total. The molecule has 1 aliphatic carbocycles. The molecule has 1 aliphatic rings. The quantitative estimate of drug-likeness (QED) is 0.704. The van der Waals surface area contributed by atoms with Gasteiger partial charge in [0.15, 0.2) is 0 Å². The minimum atomic E-state index is 0.296. The highest BCUT2D eigenvalue weighted by Gasteiger charge is 2.33. The minimum absolute atomic E-state index is 0.296. The molecule has 0 bridgehead atoms. The smallest absolute Gasteiger partial charge is 0.0251 e. The van der Waals surface area contributed by atoms with Crippen molar-refractivity contribution in [3.05, 3.63) is 0 Å². The van der Waals surface area contributed by atoms with E-state index in [1.807, 2.05) is 0 Å². The van der Waals surface area contributed by atoms with Crippen molar-refractivity contribution in [3.63, 3.8) is 0 Å². The molecule has 1 fully saturated rings. The molecule has 0 heterocycles. The van der Waals surface area contributed by atoms with E-state index >= 15 is 0 Å². The Balaban J connectivity index is 2.60. The molecule has 78 valence electrons. The SMILES string of the molecule is CN[C@@H]1CCC[C@@H]1N(C)C(C)(C)C. The summed E-state index contributed by atoms with van der Waals surface area (Å²) in [5, 5.41) is 3.43. The van der Waals surface area contributed by atoms with Gasteiger partial charge in [0.25, 0.3) is 0 Å². The number of nitrogens with zero attached hydrogens (tertiary/aromatic N) is 1. The molecule has 1 rings (SSSR count). The van der Waals surface area contributed by atoms with Crippen LogP contribution in [-0.4, -0.2) is 36.6 Å². The Labute approximate surface area is 82.7 Å². The Morgan fingerprint density at radius 3 is 2.31 bits per heavy atom.